The molecular weight excluding hydrogens is 204 g/mol. The van der Waals surface area contributed by atoms with Crippen LogP contribution in [-0.2, 0) is 6.42 Å². The first kappa shape index (κ1) is 10.9. The topological polar surface area (TPSA) is 84.1 Å². The van der Waals surface area contributed by atoms with Crippen molar-refractivity contribution in [3.8, 4) is 0 Å². The van der Waals surface area contributed by atoms with Crippen molar-refractivity contribution in [1.29, 1.82) is 0 Å². The van der Waals surface area contributed by atoms with Gasteiger partial charge in [-0.2, -0.15) is 0 Å². The molecule has 1 atom stereocenters. The van der Waals surface area contributed by atoms with Gasteiger partial charge in [0.25, 0.3) is 5.56 Å². The molecule has 0 amide bonds. The summed E-state index contributed by atoms with van der Waals surface area (Å²) in [5.74, 6) is 1.09. The first-order valence-electron chi connectivity index (χ1n) is 5.50. The Balaban J connectivity index is 2.42. The normalized spacial score (nSPS) is 19.6. The lowest BCUT2D eigenvalue weighted by Gasteiger charge is -2.13. The third-order valence-corrected chi connectivity index (χ3v) is 2.95. The molecule has 2 heterocycles. The minimum atomic E-state index is -0.247. The second-order valence-electron chi connectivity index (χ2n) is 4.47. The highest BCUT2D eigenvalue weighted by Gasteiger charge is 2.18. The number of aryl methyl sites for hydroxylation is 1. The lowest BCUT2D eigenvalue weighted by Crippen LogP contribution is -2.13. The van der Waals surface area contributed by atoms with Crippen molar-refractivity contribution in [2.45, 2.75) is 26.7 Å². The van der Waals surface area contributed by atoms with E-state index in [4.69, 9.17) is 5.73 Å². The molecule has 3 N–H and O–H groups in total. The molecule has 0 saturated carbocycles. The van der Waals surface area contributed by atoms with Gasteiger partial charge in [-0.25, -0.2) is 4.98 Å². The van der Waals surface area contributed by atoms with Crippen LogP contribution in [0.25, 0.3) is 0 Å². The summed E-state index contributed by atoms with van der Waals surface area (Å²) in [5.41, 5.74) is 6.39. The minimum Gasteiger partial charge on any atom is -0.369 e. The van der Waals surface area contributed by atoms with Gasteiger partial charge >= 0.3 is 0 Å². The van der Waals surface area contributed by atoms with E-state index in [0.717, 1.165) is 12.8 Å². The molecule has 1 aromatic heterocycles. The Bertz CT molecular complexity index is 475. The van der Waals surface area contributed by atoms with Crippen molar-refractivity contribution in [3.05, 3.63) is 16.0 Å². The van der Waals surface area contributed by atoms with Crippen molar-refractivity contribution >= 4 is 17.9 Å². The minimum absolute atomic E-state index is 0.168. The number of aromatic nitrogens is 2. The number of nitrogens with zero attached hydrogens (tertiary/aromatic N) is 2. The predicted octanol–water partition coefficient (Wildman–Crippen LogP) is 1.27. The Morgan fingerprint density at radius 3 is 3.00 bits per heavy atom. The monoisotopic (exact) mass is 220 g/mol. The maximum atomic E-state index is 11.6. The number of nitrogens with two attached hydrogens (primary N) is 1. The molecule has 0 spiro atoms. The van der Waals surface area contributed by atoms with Crippen LogP contribution in [0.2, 0.25) is 0 Å². The maximum absolute atomic E-state index is 11.6. The predicted molar refractivity (Wildman–Crippen MR) is 64.1 cm³/mol. The first-order chi connectivity index (χ1) is 7.58. The second-order valence-corrected chi connectivity index (χ2v) is 4.47. The van der Waals surface area contributed by atoms with E-state index in [1.54, 1.807) is 0 Å². The summed E-state index contributed by atoms with van der Waals surface area (Å²) in [4.78, 5) is 22.5. The quantitative estimate of drug-likeness (QED) is 0.747. The van der Waals surface area contributed by atoms with E-state index in [2.05, 4.69) is 28.8 Å². The highest BCUT2D eigenvalue weighted by Crippen LogP contribution is 2.23. The molecule has 0 saturated heterocycles. The number of nitrogens with one attached hydrogen (secondary N) is 1. The summed E-state index contributed by atoms with van der Waals surface area (Å²) in [6.07, 6.45) is 3.58. The summed E-state index contributed by atoms with van der Waals surface area (Å²) in [5, 5.41) is 0. The summed E-state index contributed by atoms with van der Waals surface area (Å²) in [6, 6.07) is 0. The maximum Gasteiger partial charge on any atom is 0.278 e. The van der Waals surface area contributed by atoms with E-state index in [1.165, 1.54) is 0 Å². The molecular formula is C11H16N4O. The van der Waals surface area contributed by atoms with Crippen LogP contribution in [0.5, 0.6) is 0 Å². The van der Waals surface area contributed by atoms with Gasteiger partial charge in [0.2, 0.25) is 5.95 Å². The van der Waals surface area contributed by atoms with Crippen molar-refractivity contribution in [2.24, 2.45) is 16.8 Å². The van der Waals surface area contributed by atoms with E-state index in [-0.39, 0.29) is 11.5 Å². The Morgan fingerprint density at radius 2 is 2.31 bits per heavy atom. The Labute approximate surface area is 93.8 Å². The highest BCUT2D eigenvalue weighted by atomic mass is 16.1. The Hall–Kier alpha value is -1.65. The van der Waals surface area contributed by atoms with E-state index < -0.39 is 0 Å². The fourth-order valence-electron chi connectivity index (χ4n) is 1.89. The van der Waals surface area contributed by atoms with Gasteiger partial charge in [-0.3, -0.25) is 14.8 Å². The Kier molecular flexibility index (Phi) is 2.77. The molecule has 0 bridgehead atoms. The standard InChI is InChI=1S/C11H16N4O/c1-6(2)7-3-4-8-9(13-5-7)10(16)15-11(12)14-8/h5-7H,3-4H2,1-2H3,(H3,12,14,15,16). The summed E-state index contributed by atoms with van der Waals surface area (Å²) in [7, 11) is 0. The van der Waals surface area contributed by atoms with Gasteiger partial charge in [-0.1, -0.05) is 13.8 Å². The third kappa shape index (κ3) is 1.98. The van der Waals surface area contributed by atoms with E-state index in [1.807, 2.05) is 6.21 Å². The third-order valence-electron chi connectivity index (χ3n) is 2.95. The van der Waals surface area contributed by atoms with Crippen LogP contribution < -0.4 is 11.3 Å². The fourth-order valence-corrected chi connectivity index (χ4v) is 1.89. The van der Waals surface area contributed by atoms with Crippen LogP contribution in [0.15, 0.2) is 9.79 Å². The number of anilines is 1. The smallest absolute Gasteiger partial charge is 0.278 e. The lowest BCUT2D eigenvalue weighted by molar-refractivity contribution is 0.472. The lowest BCUT2D eigenvalue weighted by atomic mass is 9.92. The van der Waals surface area contributed by atoms with Crippen LogP contribution >= 0.6 is 0 Å². The fraction of sp³-hybridized carbons (Fsp3) is 0.545. The van der Waals surface area contributed by atoms with Gasteiger partial charge in [-0.05, 0) is 24.7 Å². The molecule has 1 aliphatic heterocycles. The van der Waals surface area contributed by atoms with Gasteiger partial charge in [0.1, 0.15) is 5.69 Å². The van der Waals surface area contributed by atoms with Crippen LogP contribution in [0.1, 0.15) is 26.0 Å². The van der Waals surface area contributed by atoms with E-state index in [9.17, 15) is 4.79 Å². The molecule has 0 aromatic carbocycles. The molecule has 16 heavy (non-hydrogen) atoms. The van der Waals surface area contributed by atoms with Crippen LogP contribution in [0.4, 0.5) is 11.6 Å². The van der Waals surface area contributed by atoms with Gasteiger partial charge < -0.3 is 5.73 Å². The molecule has 0 aliphatic carbocycles. The summed E-state index contributed by atoms with van der Waals surface area (Å²) < 4.78 is 0. The number of aromatic amines is 1. The average Bonchev–Trinajstić information content (AvgIpc) is 2.39. The van der Waals surface area contributed by atoms with Gasteiger partial charge in [-0.15, -0.1) is 0 Å². The van der Waals surface area contributed by atoms with Gasteiger partial charge in [0.05, 0.1) is 5.69 Å². The Morgan fingerprint density at radius 1 is 1.56 bits per heavy atom. The zero-order valence-corrected chi connectivity index (χ0v) is 9.53. The van der Waals surface area contributed by atoms with Crippen molar-refractivity contribution in [1.82, 2.24) is 9.97 Å². The summed E-state index contributed by atoms with van der Waals surface area (Å²) >= 11 is 0. The number of fused-ring (bicyclic) bond motifs is 1. The largest absolute Gasteiger partial charge is 0.369 e. The zero-order valence-electron chi connectivity index (χ0n) is 9.53. The molecule has 5 nitrogen and oxygen atoms in total. The number of hydrogen-bond donors (Lipinski definition) is 2. The molecule has 0 radical (unpaired) electrons. The van der Waals surface area contributed by atoms with Crippen LogP contribution in [0, 0.1) is 11.8 Å². The van der Waals surface area contributed by atoms with Gasteiger partial charge in [0, 0.05) is 6.21 Å². The zero-order chi connectivity index (χ0) is 11.7. The van der Waals surface area contributed by atoms with Crippen LogP contribution in [-0.4, -0.2) is 16.2 Å². The van der Waals surface area contributed by atoms with E-state index >= 15 is 0 Å². The molecule has 1 aromatic rings. The second kappa shape index (κ2) is 4.08. The number of nitrogen functional groups attached to an aromatic ring is 1. The number of H-pyrrole nitrogens is 1. The summed E-state index contributed by atoms with van der Waals surface area (Å²) in [6.45, 7) is 4.30. The molecule has 86 valence electrons. The molecule has 1 aliphatic rings. The number of hydrogen-bond acceptors (Lipinski definition) is 4. The van der Waals surface area contributed by atoms with E-state index in [0.29, 0.717) is 23.2 Å². The molecule has 5 heteroatoms. The number of aliphatic imine (C=N–C) groups is 1. The van der Waals surface area contributed by atoms with Crippen molar-refractivity contribution in [2.75, 3.05) is 5.73 Å². The SMILES string of the molecule is CC(C)C1C=Nc2c(nc(N)[nH]c2=O)CC1. The average molecular weight is 220 g/mol. The molecule has 0 fully saturated rings. The van der Waals surface area contributed by atoms with Gasteiger partial charge in [0.15, 0.2) is 0 Å². The first-order valence-corrected chi connectivity index (χ1v) is 5.50. The molecule has 2 rings (SSSR count). The number of rotatable bonds is 1. The van der Waals surface area contributed by atoms with Crippen LogP contribution in [0.3, 0.4) is 0 Å². The highest BCUT2D eigenvalue weighted by molar-refractivity contribution is 5.68. The molecule has 1 unspecified atom stereocenters. The van der Waals surface area contributed by atoms with Crippen molar-refractivity contribution in [3.63, 3.8) is 0 Å². The van der Waals surface area contributed by atoms with Crippen molar-refractivity contribution < 1.29 is 0 Å².